The van der Waals surface area contributed by atoms with Gasteiger partial charge in [-0.15, -0.1) is 0 Å². The van der Waals surface area contributed by atoms with Gasteiger partial charge in [0, 0.05) is 6.07 Å². The highest BCUT2D eigenvalue weighted by Gasteiger charge is 2.00. The maximum atomic E-state index is 9.43. The van der Waals surface area contributed by atoms with Crippen molar-refractivity contribution in [1.82, 2.24) is 0 Å². The van der Waals surface area contributed by atoms with Gasteiger partial charge in [-0.1, -0.05) is 39.0 Å². The topological polar surface area (TPSA) is 49.7 Å². The number of benzene rings is 1. The largest absolute Gasteiger partial charge is 0.508 e. The third kappa shape index (κ3) is 5.92. The van der Waals surface area contributed by atoms with Crippen LogP contribution >= 0.6 is 0 Å². The van der Waals surface area contributed by atoms with Crippen molar-refractivity contribution in [1.29, 1.82) is 0 Å². The molecule has 0 saturated heterocycles. The zero-order chi connectivity index (χ0) is 13.2. The lowest BCUT2D eigenvalue weighted by molar-refractivity contribution is 0.276. The Hall–Kier alpha value is -1.22. The minimum absolute atomic E-state index is 0.0816. The van der Waals surface area contributed by atoms with E-state index in [1.54, 1.807) is 12.1 Å². The van der Waals surface area contributed by atoms with E-state index in [1.165, 1.54) is 38.2 Å². The van der Waals surface area contributed by atoms with Gasteiger partial charge in [-0.05, 0) is 24.1 Å². The van der Waals surface area contributed by atoms with Crippen molar-refractivity contribution < 1.29 is 14.9 Å². The van der Waals surface area contributed by atoms with Crippen molar-refractivity contribution >= 4 is 0 Å². The van der Waals surface area contributed by atoms with E-state index < -0.39 is 0 Å². The van der Waals surface area contributed by atoms with Crippen LogP contribution in [0, 0.1) is 0 Å². The number of phenolic OH excluding ortho intramolecular Hbond substituents is 1. The molecule has 3 nitrogen and oxygen atoms in total. The van der Waals surface area contributed by atoms with E-state index in [4.69, 9.17) is 9.84 Å². The molecule has 0 spiro atoms. The first kappa shape index (κ1) is 14.8. The summed E-state index contributed by atoms with van der Waals surface area (Å²) < 4.78 is 5.56. The SMILES string of the molecule is CCCCCCCCOc1cc(O)cc(CO)c1. The van der Waals surface area contributed by atoms with E-state index in [-0.39, 0.29) is 12.4 Å². The molecule has 102 valence electrons. The van der Waals surface area contributed by atoms with Crippen molar-refractivity contribution in [2.75, 3.05) is 6.61 Å². The van der Waals surface area contributed by atoms with E-state index in [0.717, 1.165) is 6.42 Å². The zero-order valence-corrected chi connectivity index (χ0v) is 11.2. The van der Waals surface area contributed by atoms with Crippen molar-refractivity contribution in [3.05, 3.63) is 23.8 Å². The molecule has 3 heteroatoms. The molecule has 0 fully saturated rings. The van der Waals surface area contributed by atoms with Crippen LogP contribution < -0.4 is 4.74 Å². The van der Waals surface area contributed by atoms with Crippen LogP contribution in [-0.4, -0.2) is 16.8 Å². The molecule has 0 aliphatic carbocycles. The zero-order valence-electron chi connectivity index (χ0n) is 11.2. The molecule has 0 aliphatic rings. The molecular formula is C15H24O3. The monoisotopic (exact) mass is 252 g/mol. The number of aliphatic hydroxyl groups excluding tert-OH is 1. The van der Waals surface area contributed by atoms with Gasteiger partial charge < -0.3 is 14.9 Å². The number of aromatic hydroxyl groups is 1. The van der Waals surface area contributed by atoms with E-state index in [0.29, 0.717) is 17.9 Å². The summed E-state index contributed by atoms with van der Waals surface area (Å²) in [6, 6.07) is 4.88. The average molecular weight is 252 g/mol. The number of hydrogen-bond acceptors (Lipinski definition) is 3. The quantitative estimate of drug-likeness (QED) is 0.660. The van der Waals surface area contributed by atoms with Gasteiger partial charge in [-0.25, -0.2) is 0 Å². The Morgan fingerprint density at radius 3 is 2.44 bits per heavy atom. The van der Waals surface area contributed by atoms with E-state index in [1.807, 2.05) is 0 Å². The summed E-state index contributed by atoms with van der Waals surface area (Å²) in [7, 11) is 0. The first-order valence-corrected chi connectivity index (χ1v) is 6.83. The molecule has 1 aromatic rings. The van der Waals surface area contributed by atoms with Crippen LogP contribution in [0.4, 0.5) is 0 Å². The van der Waals surface area contributed by atoms with Crippen LogP contribution in [-0.2, 0) is 6.61 Å². The fraction of sp³-hybridized carbons (Fsp3) is 0.600. The maximum absolute atomic E-state index is 9.43. The summed E-state index contributed by atoms with van der Waals surface area (Å²) >= 11 is 0. The van der Waals surface area contributed by atoms with E-state index in [9.17, 15) is 5.11 Å². The van der Waals surface area contributed by atoms with Gasteiger partial charge in [0.2, 0.25) is 0 Å². The third-order valence-corrected chi connectivity index (χ3v) is 2.90. The van der Waals surface area contributed by atoms with E-state index >= 15 is 0 Å². The van der Waals surface area contributed by atoms with Gasteiger partial charge in [0.05, 0.1) is 13.2 Å². The molecule has 0 heterocycles. The smallest absolute Gasteiger partial charge is 0.123 e. The second-order valence-corrected chi connectivity index (χ2v) is 4.61. The molecule has 0 saturated carbocycles. The van der Waals surface area contributed by atoms with Crippen LogP contribution in [0.1, 0.15) is 51.0 Å². The van der Waals surface area contributed by atoms with Crippen LogP contribution in [0.2, 0.25) is 0 Å². The van der Waals surface area contributed by atoms with Gasteiger partial charge >= 0.3 is 0 Å². The molecule has 0 radical (unpaired) electrons. The molecule has 0 aromatic heterocycles. The Bertz CT molecular complexity index is 337. The van der Waals surface area contributed by atoms with Gasteiger partial charge in [-0.2, -0.15) is 0 Å². The lowest BCUT2D eigenvalue weighted by atomic mass is 10.1. The molecule has 0 bridgehead atoms. The molecule has 1 aromatic carbocycles. The molecule has 0 unspecified atom stereocenters. The van der Waals surface area contributed by atoms with Crippen molar-refractivity contribution in [3.8, 4) is 11.5 Å². The van der Waals surface area contributed by atoms with Gasteiger partial charge in [0.1, 0.15) is 11.5 Å². The summed E-state index contributed by atoms with van der Waals surface area (Å²) in [5.41, 5.74) is 0.674. The molecule has 2 N–H and O–H groups in total. The molecule has 18 heavy (non-hydrogen) atoms. The Morgan fingerprint density at radius 2 is 1.72 bits per heavy atom. The number of unbranched alkanes of at least 4 members (excludes halogenated alkanes) is 5. The predicted molar refractivity (Wildman–Crippen MR) is 72.9 cm³/mol. The fourth-order valence-corrected chi connectivity index (χ4v) is 1.89. The first-order valence-electron chi connectivity index (χ1n) is 6.83. The van der Waals surface area contributed by atoms with Crippen molar-refractivity contribution in [3.63, 3.8) is 0 Å². The number of ether oxygens (including phenoxy) is 1. The summed E-state index contributed by atoms with van der Waals surface area (Å²) in [5.74, 6) is 0.770. The molecule has 0 aliphatic heterocycles. The maximum Gasteiger partial charge on any atom is 0.123 e. The van der Waals surface area contributed by atoms with Gasteiger partial charge in [0.15, 0.2) is 0 Å². The number of rotatable bonds is 9. The normalized spacial score (nSPS) is 10.6. The molecule has 1 rings (SSSR count). The Labute approximate surface area is 109 Å². The predicted octanol–water partition coefficient (Wildman–Crippen LogP) is 3.62. The standard InChI is InChI=1S/C15H24O3/c1-2-3-4-5-6-7-8-18-15-10-13(12-16)9-14(17)11-15/h9-11,16-17H,2-8,12H2,1H3. The molecule has 0 amide bonds. The van der Waals surface area contributed by atoms with Gasteiger partial charge in [0.25, 0.3) is 0 Å². The second-order valence-electron chi connectivity index (χ2n) is 4.61. The highest BCUT2D eigenvalue weighted by Crippen LogP contribution is 2.22. The fourth-order valence-electron chi connectivity index (χ4n) is 1.89. The Morgan fingerprint density at radius 1 is 1.00 bits per heavy atom. The van der Waals surface area contributed by atoms with Crippen LogP contribution in [0.5, 0.6) is 11.5 Å². The van der Waals surface area contributed by atoms with Gasteiger partial charge in [-0.3, -0.25) is 0 Å². The van der Waals surface area contributed by atoms with E-state index in [2.05, 4.69) is 6.92 Å². The lowest BCUT2D eigenvalue weighted by Crippen LogP contribution is -1.98. The van der Waals surface area contributed by atoms with Crippen LogP contribution in [0.15, 0.2) is 18.2 Å². The summed E-state index contributed by atoms with van der Waals surface area (Å²) in [5, 5.41) is 18.4. The number of aliphatic hydroxyl groups is 1. The summed E-state index contributed by atoms with van der Waals surface area (Å²) in [6.07, 6.45) is 7.37. The lowest BCUT2D eigenvalue weighted by Gasteiger charge is -2.08. The minimum Gasteiger partial charge on any atom is -0.508 e. The van der Waals surface area contributed by atoms with Crippen LogP contribution in [0.3, 0.4) is 0 Å². The second kappa shape index (κ2) is 8.81. The van der Waals surface area contributed by atoms with Crippen LogP contribution in [0.25, 0.3) is 0 Å². The number of hydrogen-bond donors (Lipinski definition) is 2. The summed E-state index contributed by atoms with van der Waals surface area (Å²) in [4.78, 5) is 0. The third-order valence-electron chi connectivity index (χ3n) is 2.90. The summed E-state index contributed by atoms with van der Waals surface area (Å²) in [6.45, 7) is 2.80. The molecular weight excluding hydrogens is 228 g/mol. The Balaban J connectivity index is 2.20. The Kier molecular flexibility index (Phi) is 7.26. The highest BCUT2D eigenvalue weighted by atomic mass is 16.5. The number of phenols is 1. The van der Waals surface area contributed by atoms with Crippen molar-refractivity contribution in [2.24, 2.45) is 0 Å². The highest BCUT2D eigenvalue weighted by molar-refractivity contribution is 5.37. The van der Waals surface area contributed by atoms with Crippen molar-refractivity contribution in [2.45, 2.75) is 52.1 Å². The average Bonchev–Trinajstić information content (AvgIpc) is 2.37. The minimum atomic E-state index is -0.0816. The first-order chi connectivity index (χ1) is 8.76. The molecule has 0 atom stereocenters.